The number of likely N-dealkylation sites (N-methyl/N-ethyl adjacent to an activating group) is 1. The van der Waals surface area contributed by atoms with Gasteiger partial charge in [-0.3, -0.25) is 14.4 Å². The number of amides is 1. The Bertz CT molecular complexity index is 921. The van der Waals surface area contributed by atoms with Gasteiger partial charge in [0.05, 0.1) is 18.4 Å². The molecule has 2 heterocycles. The number of carbonyl (C=O) groups excluding carboxylic acids is 1. The topological polar surface area (TPSA) is 83.5 Å². The number of rotatable bonds is 7. The Morgan fingerprint density at radius 2 is 2.22 bits per heavy atom. The first-order valence-corrected chi connectivity index (χ1v) is 8.82. The van der Waals surface area contributed by atoms with Crippen LogP contribution in [0.15, 0.2) is 47.2 Å². The molecule has 2 N–H and O–H groups in total. The first-order chi connectivity index (χ1) is 13.0. The van der Waals surface area contributed by atoms with E-state index in [1.807, 2.05) is 18.0 Å². The predicted molar refractivity (Wildman–Crippen MR) is 104 cm³/mol. The van der Waals surface area contributed by atoms with Crippen LogP contribution in [0.3, 0.4) is 0 Å². The SMILES string of the molecule is CN(CCO)Cc1cc(NC(=O)c2cn(C)nc2-c2ccco2)ccc1Cl. The summed E-state index contributed by atoms with van der Waals surface area (Å²) in [6.07, 6.45) is 3.19. The van der Waals surface area contributed by atoms with Crippen LogP contribution in [-0.4, -0.2) is 45.9 Å². The molecule has 0 spiro atoms. The molecule has 0 unspecified atom stereocenters. The van der Waals surface area contributed by atoms with Crippen LogP contribution in [0.2, 0.25) is 5.02 Å². The van der Waals surface area contributed by atoms with Gasteiger partial charge in [-0.25, -0.2) is 0 Å². The molecule has 27 heavy (non-hydrogen) atoms. The Hall–Kier alpha value is -2.61. The summed E-state index contributed by atoms with van der Waals surface area (Å²) in [5.74, 6) is 0.245. The van der Waals surface area contributed by atoms with Gasteiger partial charge in [0.15, 0.2) is 5.76 Å². The van der Waals surface area contributed by atoms with Crippen LogP contribution in [0.25, 0.3) is 11.5 Å². The van der Waals surface area contributed by atoms with Gasteiger partial charge in [-0.05, 0) is 42.9 Å². The van der Waals surface area contributed by atoms with Crippen LogP contribution >= 0.6 is 11.6 Å². The second-order valence-corrected chi connectivity index (χ2v) is 6.67. The van der Waals surface area contributed by atoms with Crippen molar-refractivity contribution in [2.24, 2.45) is 7.05 Å². The first kappa shape index (κ1) is 19.2. The number of halogens is 1. The number of hydrogen-bond acceptors (Lipinski definition) is 5. The lowest BCUT2D eigenvalue weighted by atomic mass is 10.1. The number of nitrogens with one attached hydrogen (secondary N) is 1. The fourth-order valence-corrected chi connectivity index (χ4v) is 2.94. The van der Waals surface area contributed by atoms with Crippen LogP contribution in [0.5, 0.6) is 0 Å². The molecule has 0 aliphatic heterocycles. The maximum Gasteiger partial charge on any atom is 0.259 e. The van der Waals surface area contributed by atoms with Crippen molar-refractivity contribution in [2.75, 3.05) is 25.5 Å². The predicted octanol–water partition coefficient (Wildman–Crippen LogP) is 3.01. The summed E-state index contributed by atoms with van der Waals surface area (Å²) in [5, 5.41) is 16.9. The number of aromatic nitrogens is 2. The molecule has 0 saturated heterocycles. The quantitative estimate of drug-likeness (QED) is 0.650. The van der Waals surface area contributed by atoms with E-state index in [2.05, 4.69) is 10.4 Å². The van der Waals surface area contributed by atoms with E-state index in [9.17, 15) is 4.79 Å². The van der Waals surface area contributed by atoms with Crippen LogP contribution < -0.4 is 5.32 Å². The van der Waals surface area contributed by atoms with Crippen LogP contribution in [-0.2, 0) is 13.6 Å². The molecule has 2 aromatic heterocycles. The van der Waals surface area contributed by atoms with Crippen molar-refractivity contribution >= 4 is 23.2 Å². The Labute approximate surface area is 162 Å². The van der Waals surface area contributed by atoms with Crippen molar-refractivity contribution in [3.63, 3.8) is 0 Å². The van der Waals surface area contributed by atoms with Gasteiger partial charge in [-0.2, -0.15) is 5.10 Å². The normalized spacial score (nSPS) is 11.1. The molecule has 142 valence electrons. The number of hydrogen-bond donors (Lipinski definition) is 2. The summed E-state index contributed by atoms with van der Waals surface area (Å²) in [6, 6.07) is 8.84. The van der Waals surface area contributed by atoms with E-state index in [1.165, 1.54) is 0 Å². The zero-order valence-electron chi connectivity index (χ0n) is 15.1. The largest absolute Gasteiger partial charge is 0.463 e. The fraction of sp³-hybridized carbons (Fsp3) is 0.263. The van der Waals surface area contributed by atoms with Gasteiger partial charge in [0.1, 0.15) is 5.69 Å². The molecule has 3 rings (SSSR count). The molecule has 0 bridgehead atoms. The monoisotopic (exact) mass is 388 g/mol. The van der Waals surface area contributed by atoms with Crippen LogP contribution in [0.1, 0.15) is 15.9 Å². The number of nitrogens with zero attached hydrogens (tertiary/aromatic N) is 3. The molecule has 3 aromatic rings. The number of aryl methyl sites for hydroxylation is 1. The number of benzene rings is 1. The lowest BCUT2D eigenvalue weighted by Gasteiger charge is -2.17. The lowest BCUT2D eigenvalue weighted by Crippen LogP contribution is -2.21. The fourth-order valence-electron chi connectivity index (χ4n) is 2.76. The van der Waals surface area contributed by atoms with E-state index < -0.39 is 0 Å². The molecule has 8 heteroatoms. The molecule has 7 nitrogen and oxygen atoms in total. The van der Waals surface area contributed by atoms with Gasteiger partial charge in [-0.1, -0.05) is 11.6 Å². The number of anilines is 1. The molecule has 1 aromatic carbocycles. The van der Waals surface area contributed by atoms with Crippen molar-refractivity contribution in [3.05, 3.63) is 58.9 Å². The van der Waals surface area contributed by atoms with Crippen molar-refractivity contribution in [1.82, 2.24) is 14.7 Å². The Balaban J connectivity index is 1.81. The van der Waals surface area contributed by atoms with Gasteiger partial charge < -0.3 is 14.8 Å². The summed E-state index contributed by atoms with van der Waals surface area (Å²) in [5.41, 5.74) is 2.40. The van der Waals surface area contributed by atoms with Crippen molar-refractivity contribution < 1.29 is 14.3 Å². The Kier molecular flexibility index (Phi) is 5.95. The van der Waals surface area contributed by atoms with Crippen molar-refractivity contribution in [2.45, 2.75) is 6.54 Å². The number of aliphatic hydroxyl groups is 1. The summed E-state index contributed by atoms with van der Waals surface area (Å²) < 4.78 is 6.95. The number of aliphatic hydroxyl groups excluding tert-OH is 1. The van der Waals surface area contributed by atoms with Crippen LogP contribution in [0, 0.1) is 0 Å². The zero-order chi connectivity index (χ0) is 19.4. The van der Waals surface area contributed by atoms with Gasteiger partial charge in [0.25, 0.3) is 5.91 Å². The van der Waals surface area contributed by atoms with E-state index in [0.717, 1.165) is 5.56 Å². The van der Waals surface area contributed by atoms with E-state index in [1.54, 1.807) is 48.5 Å². The van der Waals surface area contributed by atoms with Gasteiger partial charge in [0.2, 0.25) is 0 Å². The average Bonchev–Trinajstić information content (AvgIpc) is 3.27. The molecule has 0 aliphatic rings. The van der Waals surface area contributed by atoms with Gasteiger partial charge in [-0.15, -0.1) is 0 Å². The lowest BCUT2D eigenvalue weighted by molar-refractivity contribution is 0.102. The highest BCUT2D eigenvalue weighted by atomic mass is 35.5. The highest BCUT2D eigenvalue weighted by Gasteiger charge is 2.19. The maximum atomic E-state index is 12.8. The minimum absolute atomic E-state index is 0.0705. The minimum Gasteiger partial charge on any atom is -0.463 e. The number of furan rings is 1. The third-order valence-corrected chi connectivity index (χ3v) is 4.42. The summed E-state index contributed by atoms with van der Waals surface area (Å²) in [6.45, 7) is 1.17. The average molecular weight is 389 g/mol. The summed E-state index contributed by atoms with van der Waals surface area (Å²) in [4.78, 5) is 14.7. The van der Waals surface area contributed by atoms with E-state index in [4.69, 9.17) is 21.1 Å². The second-order valence-electron chi connectivity index (χ2n) is 6.26. The smallest absolute Gasteiger partial charge is 0.259 e. The van der Waals surface area contributed by atoms with Gasteiger partial charge in [0, 0.05) is 37.0 Å². The first-order valence-electron chi connectivity index (χ1n) is 8.44. The highest BCUT2D eigenvalue weighted by Crippen LogP contribution is 2.25. The summed E-state index contributed by atoms with van der Waals surface area (Å²) in [7, 11) is 3.64. The molecule has 1 amide bonds. The third kappa shape index (κ3) is 4.57. The van der Waals surface area contributed by atoms with Gasteiger partial charge >= 0.3 is 0 Å². The van der Waals surface area contributed by atoms with E-state index in [0.29, 0.717) is 40.8 Å². The molecule has 0 atom stereocenters. The molecule has 0 aliphatic carbocycles. The second kappa shape index (κ2) is 8.39. The third-order valence-electron chi connectivity index (χ3n) is 4.05. The Morgan fingerprint density at radius 3 is 2.93 bits per heavy atom. The molecule has 0 saturated carbocycles. The van der Waals surface area contributed by atoms with E-state index in [-0.39, 0.29) is 12.5 Å². The Morgan fingerprint density at radius 1 is 1.41 bits per heavy atom. The molecule has 0 radical (unpaired) electrons. The summed E-state index contributed by atoms with van der Waals surface area (Å²) >= 11 is 6.26. The van der Waals surface area contributed by atoms with E-state index >= 15 is 0 Å². The van der Waals surface area contributed by atoms with Crippen molar-refractivity contribution in [3.8, 4) is 11.5 Å². The molecular weight excluding hydrogens is 368 g/mol. The number of carbonyl (C=O) groups is 1. The maximum absolute atomic E-state index is 12.8. The minimum atomic E-state index is -0.286. The molecule has 0 fully saturated rings. The molecular formula is C19H21ClN4O3. The highest BCUT2D eigenvalue weighted by molar-refractivity contribution is 6.31. The van der Waals surface area contributed by atoms with Crippen LogP contribution in [0.4, 0.5) is 5.69 Å². The zero-order valence-corrected chi connectivity index (χ0v) is 15.9. The van der Waals surface area contributed by atoms with Crippen molar-refractivity contribution in [1.29, 1.82) is 0 Å². The standard InChI is InChI=1S/C19H21ClN4O3/c1-23(7-8-25)11-13-10-14(5-6-16(13)20)21-19(26)15-12-24(2)22-18(15)17-4-3-9-27-17/h3-6,9-10,12,25H,7-8,11H2,1-2H3,(H,21,26).